The van der Waals surface area contributed by atoms with Crippen LogP contribution in [0, 0.1) is 17.8 Å². The van der Waals surface area contributed by atoms with Crippen LogP contribution in [0.2, 0.25) is 0 Å². The van der Waals surface area contributed by atoms with Crippen molar-refractivity contribution in [1.82, 2.24) is 5.32 Å². The highest BCUT2D eigenvalue weighted by molar-refractivity contribution is 4.81. The summed E-state index contributed by atoms with van der Waals surface area (Å²) in [5.74, 6) is 2.41. The van der Waals surface area contributed by atoms with Crippen molar-refractivity contribution in [3.63, 3.8) is 0 Å². The van der Waals surface area contributed by atoms with Gasteiger partial charge in [-0.3, -0.25) is 0 Å². The SMILES string of the molecule is CCCNCCCCOC1CC(C)CCC1C(C)C. The van der Waals surface area contributed by atoms with Gasteiger partial charge in [0.2, 0.25) is 0 Å². The van der Waals surface area contributed by atoms with Crippen LogP contribution in [0.3, 0.4) is 0 Å². The van der Waals surface area contributed by atoms with Gasteiger partial charge in [0.15, 0.2) is 0 Å². The molecule has 3 unspecified atom stereocenters. The molecule has 0 aromatic carbocycles. The van der Waals surface area contributed by atoms with Crippen molar-refractivity contribution in [3.8, 4) is 0 Å². The molecule has 0 amide bonds. The Bertz CT molecular complexity index is 217. The minimum absolute atomic E-state index is 0.521. The first kappa shape index (κ1) is 17.0. The fraction of sp³-hybridized carbons (Fsp3) is 1.00. The molecule has 0 aromatic heterocycles. The van der Waals surface area contributed by atoms with E-state index >= 15 is 0 Å². The first-order valence-corrected chi connectivity index (χ1v) is 8.47. The van der Waals surface area contributed by atoms with E-state index in [0.717, 1.165) is 37.5 Å². The van der Waals surface area contributed by atoms with Crippen molar-refractivity contribution in [3.05, 3.63) is 0 Å². The Morgan fingerprint density at radius 1 is 1.16 bits per heavy atom. The molecule has 0 spiro atoms. The number of nitrogens with one attached hydrogen (secondary N) is 1. The zero-order valence-electron chi connectivity index (χ0n) is 13.6. The van der Waals surface area contributed by atoms with Gasteiger partial charge in [0, 0.05) is 6.61 Å². The van der Waals surface area contributed by atoms with Gasteiger partial charge in [0.25, 0.3) is 0 Å². The summed E-state index contributed by atoms with van der Waals surface area (Å²) >= 11 is 0. The minimum Gasteiger partial charge on any atom is -0.378 e. The van der Waals surface area contributed by atoms with Crippen molar-refractivity contribution < 1.29 is 4.74 Å². The predicted octanol–water partition coefficient (Wildman–Crippen LogP) is 4.24. The fourth-order valence-corrected chi connectivity index (χ4v) is 3.19. The van der Waals surface area contributed by atoms with Crippen molar-refractivity contribution in [1.29, 1.82) is 0 Å². The molecule has 0 aliphatic heterocycles. The molecule has 2 heteroatoms. The van der Waals surface area contributed by atoms with E-state index in [4.69, 9.17) is 4.74 Å². The number of unbranched alkanes of at least 4 members (excludes halogenated alkanes) is 1. The quantitative estimate of drug-likeness (QED) is 0.632. The summed E-state index contributed by atoms with van der Waals surface area (Å²) in [5, 5.41) is 3.45. The molecule has 19 heavy (non-hydrogen) atoms. The third-order valence-corrected chi connectivity index (χ3v) is 4.47. The Morgan fingerprint density at radius 3 is 2.63 bits per heavy atom. The second kappa shape index (κ2) is 9.77. The summed E-state index contributed by atoms with van der Waals surface area (Å²) in [4.78, 5) is 0. The molecule has 0 heterocycles. The van der Waals surface area contributed by atoms with Gasteiger partial charge < -0.3 is 10.1 Å². The maximum absolute atomic E-state index is 6.21. The summed E-state index contributed by atoms with van der Waals surface area (Å²) in [5.41, 5.74) is 0. The van der Waals surface area contributed by atoms with Crippen molar-refractivity contribution in [2.45, 2.75) is 72.3 Å². The second-order valence-corrected chi connectivity index (χ2v) is 6.69. The Balaban J connectivity index is 2.14. The third kappa shape index (κ3) is 6.76. The lowest BCUT2D eigenvalue weighted by Gasteiger charge is -2.37. The van der Waals surface area contributed by atoms with Gasteiger partial charge in [-0.2, -0.15) is 0 Å². The third-order valence-electron chi connectivity index (χ3n) is 4.47. The fourth-order valence-electron chi connectivity index (χ4n) is 3.19. The summed E-state index contributed by atoms with van der Waals surface area (Å²) in [7, 11) is 0. The summed E-state index contributed by atoms with van der Waals surface area (Å²) < 4.78 is 6.21. The molecule has 1 fully saturated rings. The minimum atomic E-state index is 0.521. The van der Waals surface area contributed by atoms with Gasteiger partial charge in [-0.15, -0.1) is 0 Å². The molecule has 3 atom stereocenters. The molecule has 0 aromatic rings. The number of hydrogen-bond donors (Lipinski definition) is 1. The smallest absolute Gasteiger partial charge is 0.0608 e. The standard InChI is InChI=1S/C17H35NO/c1-5-10-18-11-6-7-12-19-17-13-15(4)8-9-16(17)14(2)3/h14-18H,5-13H2,1-4H3. The van der Waals surface area contributed by atoms with E-state index in [1.165, 1.54) is 38.5 Å². The topological polar surface area (TPSA) is 21.3 Å². The van der Waals surface area contributed by atoms with Gasteiger partial charge in [-0.25, -0.2) is 0 Å². The van der Waals surface area contributed by atoms with Gasteiger partial charge in [-0.05, 0) is 62.9 Å². The molecule has 1 aliphatic carbocycles. The Hall–Kier alpha value is -0.0800. The van der Waals surface area contributed by atoms with Crippen LogP contribution in [0.5, 0.6) is 0 Å². The van der Waals surface area contributed by atoms with Gasteiger partial charge in [-0.1, -0.05) is 34.1 Å². The van der Waals surface area contributed by atoms with Crippen LogP contribution in [-0.4, -0.2) is 25.8 Å². The van der Waals surface area contributed by atoms with E-state index in [0.29, 0.717) is 6.10 Å². The highest BCUT2D eigenvalue weighted by atomic mass is 16.5. The van der Waals surface area contributed by atoms with Crippen molar-refractivity contribution in [2.75, 3.05) is 19.7 Å². The van der Waals surface area contributed by atoms with E-state index in [2.05, 4.69) is 33.0 Å². The largest absolute Gasteiger partial charge is 0.378 e. The van der Waals surface area contributed by atoms with Crippen LogP contribution in [0.1, 0.15) is 66.2 Å². The molecule has 0 radical (unpaired) electrons. The van der Waals surface area contributed by atoms with Gasteiger partial charge in [0.05, 0.1) is 6.10 Å². The summed E-state index contributed by atoms with van der Waals surface area (Å²) in [6.07, 6.45) is 8.22. The molecule has 1 N–H and O–H groups in total. The Morgan fingerprint density at radius 2 is 1.95 bits per heavy atom. The van der Waals surface area contributed by atoms with Gasteiger partial charge >= 0.3 is 0 Å². The van der Waals surface area contributed by atoms with E-state index in [-0.39, 0.29) is 0 Å². The second-order valence-electron chi connectivity index (χ2n) is 6.69. The van der Waals surface area contributed by atoms with Crippen LogP contribution in [-0.2, 0) is 4.74 Å². The molecule has 2 nitrogen and oxygen atoms in total. The maximum Gasteiger partial charge on any atom is 0.0608 e. The van der Waals surface area contributed by atoms with Crippen LogP contribution in [0.4, 0.5) is 0 Å². The average Bonchev–Trinajstić information content (AvgIpc) is 2.37. The normalized spacial score (nSPS) is 27.9. The number of rotatable bonds is 9. The van der Waals surface area contributed by atoms with E-state index < -0.39 is 0 Å². The predicted molar refractivity (Wildman–Crippen MR) is 83.5 cm³/mol. The molecular weight excluding hydrogens is 234 g/mol. The molecular formula is C17H35NO. The van der Waals surface area contributed by atoms with E-state index in [1.54, 1.807) is 0 Å². The van der Waals surface area contributed by atoms with E-state index in [9.17, 15) is 0 Å². The highest BCUT2D eigenvalue weighted by Crippen LogP contribution is 2.35. The molecule has 0 bridgehead atoms. The monoisotopic (exact) mass is 269 g/mol. The maximum atomic E-state index is 6.21. The first-order valence-electron chi connectivity index (χ1n) is 8.47. The van der Waals surface area contributed by atoms with Crippen LogP contribution >= 0.6 is 0 Å². The molecule has 1 aliphatic rings. The Kier molecular flexibility index (Phi) is 8.72. The van der Waals surface area contributed by atoms with Crippen LogP contribution < -0.4 is 5.32 Å². The van der Waals surface area contributed by atoms with E-state index in [1.807, 2.05) is 0 Å². The Labute approximate surface area is 120 Å². The van der Waals surface area contributed by atoms with Crippen molar-refractivity contribution in [2.24, 2.45) is 17.8 Å². The zero-order valence-corrected chi connectivity index (χ0v) is 13.6. The lowest BCUT2D eigenvalue weighted by molar-refractivity contribution is -0.0392. The summed E-state index contributed by atoms with van der Waals surface area (Å²) in [6, 6.07) is 0. The molecule has 114 valence electrons. The highest BCUT2D eigenvalue weighted by Gasteiger charge is 2.31. The number of ether oxygens (including phenoxy) is 1. The number of hydrogen-bond acceptors (Lipinski definition) is 2. The van der Waals surface area contributed by atoms with Crippen LogP contribution in [0.25, 0.3) is 0 Å². The molecule has 1 saturated carbocycles. The molecule has 0 saturated heterocycles. The molecule has 1 rings (SSSR count). The lowest BCUT2D eigenvalue weighted by atomic mass is 9.75. The first-order chi connectivity index (χ1) is 9.15. The summed E-state index contributed by atoms with van der Waals surface area (Å²) in [6.45, 7) is 12.5. The van der Waals surface area contributed by atoms with Crippen LogP contribution in [0.15, 0.2) is 0 Å². The lowest BCUT2D eigenvalue weighted by Crippen LogP contribution is -2.34. The van der Waals surface area contributed by atoms with Gasteiger partial charge in [0.1, 0.15) is 0 Å². The van der Waals surface area contributed by atoms with Crippen molar-refractivity contribution >= 4 is 0 Å². The average molecular weight is 269 g/mol. The zero-order chi connectivity index (χ0) is 14.1.